The summed E-state index contributed by atoms with van der Waals surface area (Å²) in [6.07, 6.45) is 3.91. The number of benzene rings is 1. The van der Waals surface area contributed by atoms with Crippen molar-refractivity contribution in [2.45, 2.75) is 32.7 Å². The maximum Gasteiger partial charge on any atom is 0.488 e. The lowest BCUT2D eigenvalue weighted by Crippen LogP contribution is -2.30. The van der Waals surface area contributed by atoms with Crippen molar-refractivity contribution in [1.82, 2.24) is 4.90 Å². The Morgan fingerprint density at radius 2 is 1.89 bits per heavy atom. The van der Waals surface area contributed by atoms with Crippen LogP contribution in [0, 0.1) is 5.92 Å². The van der Waals surface area contributed by atoms with Crippen molar-refractivity contribution in [3.8, 4) is 0 Å². The lowest BCUT2D eigenvalue weighted by molar-refractivity contribution is 0.273. The van der Waals surface area contributed by atoms with Crippen molar-refractivity contribution >= 4 is 12.6 Å². The van der Waals surface area contributed by atoms with Crippen molar-refractivity contribution in [2.24, 2.45) is 5.92 Å². The van der Waals surface area contributed by atoms with Crippen molar-refractivity contribution < 1.29 is 10.0 Å². The van der Waals surface area contributed by atoms with Gasteiger partial charge < -0.3 is 10.0 Å². The van der Waals surface area contributed by atoms with Gasteiger partial charge in [0.15, 0.2) is 0 Å². The summed E-state index contributed by atoms with van der Waals surface area (Å²) in [5, 5.41) is 18.1. The number of rotatable bonds is 3. The third-order valence-corrected chi connectivity index (χ3v) is 3.79. The lowest BCUT2D eigenvalue weighted by atomic mass is 9.80. The minimum atomic E-state index is -1.36. The van der Waals surface area contributed by atoms with Crippen LogP contribution in [0.25, 0.3) is 0 Å². The van der Waals surface area contributed by atoms with Gasteiger partial charge in [0.25, 0.3) is 0 Å². The highest BCUT2D eigenvalue weighted by atomic mass is 16.4. The molecule has 0 radical (unpaired) electrons. The Balaban J connectivity index is 1.92. The standard InChI is InChI=1S/C14H22BNO2/c1-12-3-2-9-16(10-8-12)11-13-4-6-14(7-5-13)15(17)18/h4-7,12,17-18H,2-3,8-11H2,1H3. The molecule has 0 aliphatic carbocycles. The van der Waals surface area contributed by atoms with Crippen LogP contribution >= 0.6 is 0 Å². The monoisotopic (exact) mass is 247 g/mol. The van der Waals surface area contributed by atoms with E-state index in [1.807, 2.05) is 12.1 Å². The first-order valence-electron chi connectivity index (χ1n) is 6.82. The molecule has 2 N–H and O–H groups in total. The Kier molecular flexibility index (Phi) is 4.81. The second-order valence-corrected chi connectivity index (χ2v) is 5.43. The summed E-state index contributed by atoms with van der Waals surface area (Å²) in [6.45, 7) is 5.65. The molecule has 1 aromatic rings. The van der Waals surface area contributed by atoms with E-state index in [2.05, 4.69) is 11.8 Å². The third kappa shape index (κ3) is 3.84. The molecule has 3 nitrogen and oxygen atoms in total. The summed E-state index contributed by atoms with van der Waals surface area (Å²) in [5.74, 6) is 0.849. The Morgan fingerprint density at radius 1 is 1.17 bits per heavy atom. The molecule has 1 aliphatic heterocycles. The molecule has 2 rings (SSSR count). The highest BCUT2D eigenvalue weighted by Gasteiger charge is 2.14. The minimum absolute atomic E-state index is 0.559. The van der Waals surface area contributed by atoms with Crippen LogP contribution in [0.15, 0.2) is 24.3 Å². The largest absolute Gasteiger partial charge is 0.488 e. The number of likely N-dealkylation sites (tertiary alicyclic amines) is 1. The highest BCUT2D eigenvalue weighted by molar-refractivity contribution is 6.58. The molecule has 18 heavy (non-hydrogen) atoms. The Labute approximate surface area is 110 Å². The van der Waals surface area contributed by atoms with Crippen LogP contribution in [0.2, 0.25) is 0 Å². The van der Waals surface area contributed by atoms with Crippen LogP contribution in [0.5, 0.6) is 0 Å². The molecule has 0 aromatic heterocycles. The first-order valence-corrected chi connectivity index (χ1v) is 6.82. The Bertz CT molecular complexity index is 367. The molecule has 1 unspecified atom stereocenters. The predicted molar refractivity (Wildman–Crippen MR) is 74.6 cm³/mol. The van der Waals surface area contributed by atoms with Gasteiger partial charge in [0.2, 0.25) is 0 Å². The summed E-state index contributed by atoms with van der Waals surface area (Å²) < 4.78 is 0. The molecule has 0 saturated carbocycles. The van der Waals surface area contributed by atoms with Crippen LogP contribution in [-0.4, -0.2) is 35.2 Å². The van der Waals surface area contributed by atoms with Gasteiger partial charge in [-0.25, -0.2) is 0 Å². The average molecular weight is 247 g/mol. The van der Waals surface area contributed by atoms with Crippen molar-refractivity contribution in [2.75, 3.05) is 13.1 Å². The SMILES string of the molecule is CC1CCCN(Cc2ccc(B(O)O)cc2)CC1. The molecule has 0 amide bonds. The van der Waals surface area contributed by atoms with Gasteiger partial charge in [-0.2, -0.15) is 0 Å². The van der Waals surface area contributed by atoms with Gasteiger partial charge in [-0.1, -0.05) is 31.2 Å². The van der Waals surface area contributed by atoms with Crippen LogP contribution in [0.4, 0.5) is 0 Å². The molecule has 1 aliphatic rings. The van der Waals surface area contributed by atoms with E-state index in [0.717, 1.165) is 12.5 Å². The first kappa shape index (κ1) is 13.6. The quantitative estimate of drug-likeness (QED) is 0.783. The molecule has 0 spiro atoms. The molecular formula is C14H22BNO2. The van der Waals surface area contributed by atoms with Crippen molar-refractivity contribution in [1.29, 1.82) is 0 Å². The van der Waals surface area contributed by atoms with E-state index in [4.69, 9.17) is 10.0 Å². The van der Waals surface area contributed by atoms with Gasteiger partial charge in [0, 0.05) is 6.54 Å². The second-order valence-electron chi connectivity index (χ2n) is 5.43. The van der Waals surface area contributed by atoms with E-state index in [0.29, 0.717) is 5.46 Å². The third-order valence-electron chi connectivity index (χ3n) is 3.79. The zero-order valence-corrected chi connectivity index (χ0v) is 11.0. The maximum absolute atomic E-state index is 9.05. The molecule has 98 valence electrons. The molecule has 1 atom stereocenters. The van der Waals surface area contributed by atoms with Crippen LogP contribution in [-0.2, 0) is 6.54 Å². The molecule has 0 bridgehead atoms. The average Bonchev–Trinajstić information content (AvgIpc) is 2.55. The summed E-state index contributed by atoms with van der Waals surface area (Å²) in [7, 11) is -1.36. The van der Waals surface area contributed by atoms with Gasteiger partial charge in [-0.05, 0) is 49.3 Å². The van der Waals surface area contributed by atoms with E-state index in [1.165, 1.54) is 37.9 Å². The van der Waals surface area contributed by atoms with E-state index < -0.39 is 7.12 Å². The number of hydrogen-bond donors (Lipinski definition) is 2. The minimum Gasteiger partial charge on any atom is -0.423 e. The lowest BCUT2D eigenvalue weighted by Gasteiger charge is -2.20. The van der Waals surface area contributed by atoms with E-state index in [-0.39, 0.29) is 0 Å². The van der Waals surface area contributed by atoms with Gasteiger partial charge in [0.05, 0.1) is 0 Å². The summed E-state index contributed by atoms with van der Waals surface area (Å²) in [5.41, 5.74) is 1.80. The van der Waals surface area contributed by atoms with Gasteiger partial charge in [-0.15, -0.1) is 0 Å². The summed E-state index contributed by atoms with van der Waals surface area (Å²) in [6, 6.07) is 7.56. The zero-order valence-electron chi connectivity index (χ0n) is 11.0. The van der Waals surface area contributed by atoms with Gasteiger partial charge in [-0.3, -0.25) is 4.90 Å². The Morgan fingerprint density at radius 3 is 2.56 bits per heavy atom. The van der Waals surface area contributed by atoms with Gasteiger partial charge in [0.1, 0.15) is 0 Å². The fourth-order valence-corrected chi connectivity index (χ4v) is 2.53. The van der Waals surface area contributed by atoms with Crippen LogP contribution in [0.3, 0.4) is 0 Å². The Hall–Kier alpha value is -0.835. The van der Waals surface area contributed by atoms with E-state index >= 15 is 0 Å². The van der Waals surface area contributed by atoms with Crippen LogP contribution in [0.1, 0.15) is 31.7 Å². The molecule has 1 heterocycles. The smallest absolute Gasteiger partial charge is 0.423 e. The second kappa shape index (κ2) is 6.37. The van der Waals surface area contributed by atoms with Crippen molar-refractivity contribution in [3.63, 3.8) is 0 Å². The molecule has 1 aromatic carbocycles. The fraction of sp³-hybridized carbons (Fsp3) is 0.571. The normalized spacial score (nSPS) is 21.6. The first-order chi connectivity index (χ1) is 8.65. The van der Waals surface area contributed by atoms with Crippen molar-refractivity contribution in [3.05, 3.63) is 29.8 Å². The molecule has 4 heteroatoms. The number of nitrogens with zero attached hydrogens (tertiary/aromatic N) is 1. The fourth-order valence-electron chi connectivity index (χ4n) is 2.53. The molecule has 1 fully saturated rings. The topological polar surface area (TPSA) is 43.7 Å². The molecule has 1 saturated heterocycles. The van der Waals surface area contributed by atoms with Crippen LogP contribution < -0.4 is 5.46 Å². The van der Waals surface area contributed by atoms with Gasteiger partial charge >= 0.3 is 7.12 Å². The maximum atomic E-state index is 9.05. The zero-order chi connectivity index (χ0) is 13.0. The van der Waals surface area contributed by atoms with E-state index in [9.17, 15) is 0 Å². The molecular weight excluding hydrogens is 225 g/mol. The number of hydrogen-bond acceptors (Lipinski definition) is 3. The summed E-state index contributed by atoms with van der Waals surface area (Å²) >= 11 is 0. The highest BCUT2D eigenvalue weighted by Crippen LogP contribution is 2.17. The summed E-state index contributed by atoms with van der Waals surface area (Å²) in [4.78, 5) is 2.49. The predicted octanol–water partition coefficient (Wildman–Crippen LogP) is 0.988. The van der Waals surface area contributed by atoms with E-state index in [1.54, 1.807) is 12.1 Å².